The molecule has 0 atom stereocenters. The SMILES string of the molecule is COC(=O)c1ccc(NCCCSC)cc1. The van der Waals surface area contributed by atoms with Gasteiger partial charge in [0.2, 0.25) is 0 Å². The Morgan fingerprint density at radius 1 is 1.38 bits per heavy atom. The molecule has 0 fully saturated rings. The highest BCUT2D eigenvalue weighted by atomic mass is 32.2. The summed E-state index contributed by atoms with van der Waals surface area (Å²) in [7, 11) is 1.39. The van der Waals surface area contributed by atoms with Gasteiger partial charge in [-0.2, -0.15) is 11.8 Å². The zero-order valence-corrected chi connectivity index (χ0v) is 10.5. The van der Waals surface area contributed by atoms with Crippen LogP contribution in [0.25, 0.3) is 0 Å². The van der Waals surface area contributed by atoms with Gasteiger partial charge in [0.05, 0.1) is 12.7 Å². The fourth-order valence-electron chi connectivity index (χ4n) is 1.29. The van der Waals surface area contributed by atoms with Gasteiger partial charge in [0, 0.05) is 12.2 Å². The van der Waals surface area contributed by atoms with Gasteiger partial charge in [-0.15, -0.1) is 0 Å². The highest BCUT2D eigenvalue weighted by Crippen LogP contribution is 2.10. The third-order valence-corrected chi connectivity index (χ3v) is 2.86. The molecule has 0 aromatic heterocycles. The molecule has 0 unspecified atom stereocenters. The fourth-order valence-corrected chi connectivity index (χ4v) is 1.72. The predicted octanol–water partition coefficient (Wildman–Crippen LogP) is 2.64. The molecule has 1 rings (SSSR count). The standard InChI is InChI=1S/C12H17NO2S/c1-15-12(14)10-4-6-11(7-5-10)13-8-3-9-16-2/h4-7,13H,3,8-9H2,1-2H3. The van der Waals surface area contributed by atoms with E-state index < -0.39 is 0 Å². The Kier molecular flexibility index (Phi) is 5.78. The third kappa shape index (κ3) is 4.14. The first kappa shape index (κ1) is 12.9. The third-order valence-electron chi connectivity index (χ3n) is 2.16. The number of ether oxygens (including phenoxy) is 1. The lowest BCUT2D eigenvalue weighted by molar-refractivity contribution is 0.0601. The van der Waals surface area contributed by atoms with Crippen molar-refractivity contribution in [1.29, 1.82) is 0 Å². The molecule has 0 spiro atoms. The maximum atomic E-state index is 11.2. The summed E-state index contributed by atoms with van der Waals surface area (Å²) in [5, 5.41) is 3.30. The van der Waals surface area contributed by atoms with Crippen LogP contribution in [-0.4, -0.2) is 31.6 Å². The molecule has 1 N–H and O–H groups in total. The first-order valence-corrected chi connectivity index (χ1v) is 6.58. The summed E-state index contributed by atoms with van der Waals surface area (Å²) in [6, 6.07) is 7.32. The molecule has 0 saturated carbocycles. The average molecular weight is 239 g/mol. The minimum atomic E-state index is -0.297. The number of hydrogen-bond acceptors (Lipinski definition) is 4. The number of benzene rings is 1. The lowest BCUT2D eigenvalue weighted by Gasteiger charge is -2.06. The normalized spacial score (nSPS) is 9.88. The van der Waals surface area contributed by atoms with E-state index in [1.54, 1.807) is 12.1 Å². The molecule has 1 aromatic carbocycles. The van der Waals surface area contributed by atoms with Crippen molar-refractivity contribution in [3.8, 4) is 0 Å². The van der Waals surface area contributed by atoms with E-state index in [0.717, 1.165) is 24.4 Å². The predicted molar refractivity (Wildman–Crippen MR) is 69.3 cm³/mol. The van der Waals surface area contributed by atoms with Crippen molar-refractivity contribution in [2.75, 3.05) is 31.0 Å². The molecular weight excluding hydrogens is 222 g/mol. The Balaban J connectivity index is 2.42. The molecule has 0 bridgehead atoms. The molecule has 0 aliphatic rings. The van der Waals surface area contributed by atoms with E-state index in [2.05, 4.69) is 16.3 Å². The highest BCUT2D eigenvalue weighted by Gasteiger charge is 2.03. The van der Waals surface area contributed by atoms with Gasteiger partial charge >= 0.3 is 5.97 Å². The molecular formula is C12H17NO2S. The van der Waals surface area contributed by atoms with Crippen molar-refractivity contribution in [3.63, 3.8) is 0 Å². The first-order valence-electron chi connectivity index (χ1n) is 5.19. The van der Waals surface area contributed by atoms with Crippen LogP contribution < -0.4 is 5.32 Å². The zero-order valence-electron chi connectivity index (χ0n) is 9.66. The Morgan fingerprint density at radius 3 is 2.62 bits per heavy atom. The summed E-state index contributed by atoms with van der Waals surface area (Å²) in [6.07, 6.45) is 3.24. The molecule has 0 radical (unpaired) electrons. The van der Waals surface area contributed by atoms with Gasteiger partial charge in [0.1, 0.15) is 0 Å². The number of methoxy groups -OCH3 is 1. The number of esters is 1. The molecule has 0 aliphatic heterocycles. The number of thioether (sulfide) groups is 1. The van der Waals surface area contributed by atoms with Crippen molar-refractivity contribution in [2.45, 2.75) is 6.42 Å². The topological polar surface area (TPSA) is 38.3 Å². The lowest BCUT2D eigenvalue weighted by Crippen LogP contribution is -2.04. The van der Waals surface area contributed by atoms with Crippen LogP contribution in [0.3, 0.4) is 0 Å². The van der Waals surface area contributed by atoms with Crippen LogP contribution in [-0.2, 0) is 4.74 Å². The number of carbonyl (C=O) groups excluding carboxylic acids is 1. The second-order valence-electron chi connectivity index (χ2n) is 3.34. The summed E-state index contributed by atoms with van der Waals surface area (Å²) in [5.41, 5.74) is 1.62. The number of rotatable bonds is 6. The van der Waals surface area contributed by atoms with E-state index in [1.807, 2.05) is 23.9 Å². The van der Waals surface area contributed by atoms with Gasteiger partial charge in [-0.25, -0.2) is 4.79 Å². The van der Waals surface area contributed by atoms with Crippen molar-refractivity contribution in [1.82, 2.24) is 0 Å². The number of nitrogens with one attached hydrogen (secondary N) is 1. The minimum Gasteiger partial charge on any atom is -0.465 e. The van der Waals surface area contributed by atoms with E-state index in [0.29, 0.717) is 5.56 Å². The summed E-state index contributed by atoms with van der Waals surface area (Å²) < 4.78 is 4.63. The number of hydrogen-bond donors (Lipinski definition) is 1. The Labute approximate surface area is 101 Å². The van der Waals surface area contributed by atoms with E-state index in [1.165, 1.54) is 7.11 Å². The fraction of sp³-hybridized carbons (Fsp3) is 0.417. The summed E-state index contributed by atoms with van der Waals surface area (Å²) in [4.78, 5) is 11.2. The van der Waals surface area contributed by atoms with Crippen LogP contribution in [0, 0.1) is 0 Å². The summed E-state index contributed by atoms with van der Waals surface area (Å²) >= 11 is 1.84. The van der Waals surface area contributed by atoms with Crippen molar-refractivity contribution < 1.29 is 9.53 Å². The van der Waals surface area contributed by atoms with Gasteiger partial charge in [-0.1, -0.05) is 0 Å². The minimum absolute atomic E-state index is 0.297. The summed E-state index contributed by atoms with van der Waals surface area (Å²) in [5.74, 6) is 0.863. The van der Waals surface area contributed by atoms with Crippen LogP contribution in [0.2, 0.25) is 0 Å². The van der Waals surface area contributed by atoms with Crippen LogP contribution in [0.1, 0.15) is 16.8 Å². The molecule has 0 amide bonds. The number of carbonyl (C=O) groups is 1. The molecule has 1 aromatic rings. The lowest BCUT2D eigenvalue weighted by atomic mass is 10.2. The molecule has 4 heteroatoms. The maximum Gasteiger partial charge on any atom is 0.337 e. The first-order chi connectivity index (χ1) is 7.77. The van der Waals surface area contributed by atoms with Crippen LogP contribution in [0.5, 0.6) is 0 Å². The maximum absolute atomic E-state index is 11.2. The Morgan fingerprint density at radius 2 is 2.06 bits per heavy atom. The number of anilines is 1. The van der Waals surface area contributed by atoms with Crippen LogP contribution >= 0.6 is 11.8 Å². The molecule has 0 saturated heterocycles. The second kappa shape index (κ2) is 7.17. The van der Waals surface area contributed by atoms with Gasteiger partial charge in [0.25, 0.3) is 0 Å². The van der Waals surface area contributed by atoms with Gasteiger partial charge in [-0.05, 0) is 42.7 Å². The molecule has 0 heterocycles. The molecule has 3 nitrogen and oxygen atoms in total. The Hall–Kier alpha value is -1.16. The summed E-state index contributed by atoms with van der Waals surface area (Å²) in [6.45, 7) is 0.957. The quantitative estimate of drug-likeness (QED) is 0.612. The van der Waals surface area contributed by atoms with Crippen molar-refractivity contribution in [2.24, 2.45) is 0 Å². The van der Waals surface area contributed by atoms with Gasteiger partial charge in [0.15, 0.2) is 0 Å². The highest BCUT2D eigenvalue weighted by molar-refractivity contribution is 7.98. The van der Waals surface area contributed by atoms with E-state index in [4.69, 9.17) is 0 Å². The molecule has 16 heavy (non-hydrogen) atoms. The van der Waals surface area contributed by atoms with Gasteiger partial charge in [-0.3, -0.25) is 0 Å². The van der Waals surface area contributed by atoms with Crippen LogP contribution in [0.15, 0.2) is 24.3 Å². The van der Waals surface area contributed by atoms with E-state index in [9.17, 15) is 4.79 Å². The van der Waals surface area contributed by atoms with Crippen molar-refractivity contribution >= 4 is 23.4 Å². The van der Waals surface area contributed by atoms with Crippen molar-refractivity contribution in [3.05, 3.63) is 29.8 Å². The van der Waals surface area contributed by atoms with Gasteiger partial charge < -0.3 is 10.1 Å². The van der Waals surface area contributed by atoms with Crippen LogP contribution in [0.4, 0.5) is 5.69 Å². The molecule has 88 valence electrons. The van der Waals surface area contributed by atoms with E-state index in [-0.39, 0.29) is 5.97 Å². The van der Waals surface area contributed by atoms with E-state index >= 15 is 0 Å². The molecule has 0 aliphatic carbocycles. The largest absolute Gasteiger partial charge is 0.465 e. The average Bonchev–Trinajstić information content (AvgIpc) is 2.34. The Bertz CT molecular complexity index is 324. The smallest absolute Gasteiger partial charge is 0.337 e. The zero-order chi connectivity index (χ0) is 11.8. The monoisotopic (exact) mass is 239 g/mol. The second-order valence-corrected chi connectivity index (χ2v) is 4.33.